The Bertz CT molecular complexity index is 397. The first-order valence-electron chi connectivity index (χ1n) is 9.61. The minimum atomic E-state index is -0.358. The van der Waals surface area contributed by atoms with Crippen LogP contribution < -0.4 is 10.1 Å². The van der Waals surface area contributed by atoms with Gasteiger partial charge in [-0.3, -0.25) is 5.01 Å². The number of nitrogens with zero attached hydrogens (tertiary/aromatic N) is 1. The third-order valence-corrected chi connectivity index (χ3v) is 7.05. The third-order valence-electron chi connectivity index (χ3n) is 7.05. The molecule has 0 aromatic carbocycles. The monoisotopic (exact) mass is 308 g/mol. The number of rotatable bonds is 1. The molecule has 0 aromatic heterocycles. The van der Waals surface area contributed by atoms with Gasteiger partial charge in [-0.25, -0.2) is 0 Å². The molecule has 6 atom stereocenters. The molecule has 4 aliphatic rings. The van der Waals surface area contributed by atoms with Crippen molar-refractivity contribution in [1.82, 2.24) is 5.01 Å². The molecule has 2 aliphatic heterocycles. The van der Waals surface area contributed by atoms with E-state index < -0.39 is 0 Å². The average molecular weight is 308 g/mol. The van der Waals surface area contributed by atoms with Gasteiger partial charge in [-0.1, -0.05) is 13.3 Å². The fraction of sp³-hybridized carbons (Fsp3) is 1.00. The van der Waals surface area contributed by atoms with Crippen molar-refractivity contribution in [3.63, 3.8) is 0 Å². The second-order valence-electron chi connectivity index (χ2n) is 8.50. The van der Waals surface area contributed by atoms with Crippen molar-refractivity contribution in [2.24, 2.45) is 17.8 Å². The Labute approximate surface area is 134 Å². The van der Waals surface area contributed by atoms with Crippen LogP contribution in [-0.2, 0) is 0 Å². The van der Waals surface area contributed by atoms with Crippen LogP contribution in [0.5, 0.6) is 0 Å². The number of quaternary nitrogens is 1. The lowest BCUT2D eigenvalue weighted by atomic mass is 9.69. The topological polar surface area (TPSA) is 51.0 Å². The molecule has 2 saturated heterocycles. The fourth-order valence-corrected chi connectivity index (χ4v) is 6.15. The first-order valence-corrected chi connectivity index (χ1v) is 9.61. The van der Waals surface area contributed by atoms with Gasteiger partial charge in [0.25, 0.3) is 0 Å². The number of aliphatic hydroxyl groups excluding tert-OH is 1. The van der Waals surface area contributed by atoms with E-state index in [1.165, 1.54) is 32.4 Å². The van der Waals surface area contributed by atoms with Gasteiger partial charge in [-0.15, -0.1) is 6.10 Å². The van der Waals surface area contributed by atoms with E-state index >= 15 is 0 Å². The highest BCUT2D eigenvalue weighted by Gasteiger charge is 2.56. The number of hydrogen-bond acceptors (Lipinski definition) is 3. The van der Waals surface area contributed by atoms with Crippen LogP contribution in [0.25, 0.3) is 0 Å². The predicted molar refractivity (Wildman–Crippen MR) is 83.0 cm³/mol. The largest absolute Gasteiger partial charge is 0.852 e. The Morgan fingerprint density at radius 1 is 1.09 bits per heavy atom. The molecule has 2 N–H and O–H groups in total. The molecule has 2 aliphatic carbocycles. The molecular formula is C18H32N2O2. The van der Waals surface area contributed by atoms with Crippen molar-refractivity contribution < 1.29 is 15.2 Å². The van der Waals surface area contributed by atoms with Gasteiger partial charge in [0.15, 0.2) is 0 Å². The second kappa shape index (κ2) is 6.04. The molecule has 0 aromatic rings. The van der Waals surface area contributed by atoms with Crippen LogP contribution in [-0.4, -0.2) is 47.5 Å². The summed E-state index contributed by atoms with van der Waals surface area (Å²) in [6, 6.07) is 1.09. The van der Waals surface area contributed by atoms with Gasteiger partial charge < -0.3 is 10.2 Å². The molecule has 126 valence electrons. The van der Waals surface area contributed by atoms with Gasteiger partial charge in [0.05, 0.1) is 18.7 Å². The van der Waals surface area contributed by atoms with E-state index in [2.05, 4.69) is 11.9 Å². The lowest BCUT2D eigenvalue weighted by Crippen LogP contribution is -3.21. The zero-order valence-electron chi connectivity index (χ0n) is 13.9. The van der Waals surface area contributed by atoms with Crippen LogP contribution in [0.1, 0.15) is 58.3 Å². The van der Waals surface area contributed by atoms with Gasteiger partial charge in [0, 0.05) is 18.4 Å². The normalized spacial score (nSPS) is 53.0. The predicted octanol–water partition coefficient (Wildman–Crippen LogP) is -0.0410. The minimum Gasteiger partial charge on any atom is -0.852 e. The number of nitrogens with one attached hydrogen (secondary N) is 1. The first-order chi connectivity index (χ1) is 10.6. The molecule has 4 rings (SSSR count). The smallest absolute Gasteiger partial charge is 0.111 e. The SMILES string of the molecule is CC1CC([O-])C2C(C1)N1CCCC[NH+]1C2C1CCC(O)CC1. The van der Waals surface area contributed by atoms with Crippen LogP contribution in [0.15, 0.2) is 0 Å². The van der Waals surface area contributed by atoms with Crippen molar-refractivity contribution in [2.75, 3.05) is 13.1 Å². The van der Waals surface area contributed by atoms with E-state index in [0.717, 1.165) is 32.1 Å². The fourth-order valence-electron chi connectivity index (χ4n) is 6.15. The summed E-state index contributed by atoms with van der Waals surface area (Å²) in [4.78, 5) is 0. The summed E-state index contributed by atoms with van der Waals surface area (Å²) in [5.74, 6) is 1.63. The summed E-state index contributed by atoms with van der Waals surface area (Å²) in [5, 5.41) is 27.1. The summed E-state index contributed by atoms with van der Waals surface area (Å²) < 4.78 is 0. The zero-order chi connectivity index (χ0) is 15.3. The summed E-state index contributed by atoms with van der Waals surface area (Å²) in [7, 11) is 0. The van der Waals surface area contributed by atoms with Crippen molar-refractivity contribution in [2.45, 2.75) is 82.6 Å². The van der Waals surface area contributed by atoms with Gasteiger partial charge in [-0.05, 0) is 50.9 Å². The quantitative estimate of drug-likeness (QED) is 0.715. The molecule has 0 spiro atoms. The molecule has 6 unspecified atom stereocenters. The van der Waals surface area contributed by atoms with Crippen molar-refractivity contribution in [1.29, 1.82) is 0 Å². The molecule has 2 saturated carbocycles. The summed E-state index contributed by atoms with van der Waals surface area (Å²) in [5.41, 5.74) is 0. The Balaban J connectivity index is 1.60. The minimum absolute atomic E-state index is 0.0877. The van der Waals surface area contributed by atoms with E-state index in [4.69, 9.17) is 0 Å². The lowest BCUT2D eigenvalue weighted by molar-refractivity contribution is -1.03. The van der Waals surface area contributed by atoms with Gasteiger partial charge >= 0.3 is 0 Å². The van der Waals surface area contributed by atoms with Gasteiger partial charge in [-0.2, -0.15) is 5.01 Å². The Kier molecular flexibility index (Phi) is 4.22. The van der Waals surface area contributed by atoms with E-state index in [9.17, 15) is 10.2 Å². The molecule has 4 heteroatoms. The summed E-state index contributed by atoms with van der Waals surface area (Å²) >= 11 is 0. The Morgan fingerprint density at radius 2 is 1.86 bits per heavy atom. The molecule has 4 nitrogen and oxygen atoms in total. The third kappa shape index (κ3) is 2.52. The number of fused-ring (bicyclic) bond motifs is 3. The maximum Gasteiger partial charge on any atom is 0.111 e. The molecule has 0 radical (unpaired) electrons. The van der Waals surface area contributed by atoms with Crippen LogP contribution >= 0.6 is 0 Å². The highest BCUT2D eigenvalue weighted by molar-refractivity contribution is 4.98. The van der Waals surface area contributed by atoms with E-state index in [-0.39, 0.29) is 12.2 Å². The van der Waals surface area contributed by atoms with E-state index in [1.54, 1.807) is 5.01 Å². The molecule has 2 heterocycles. The van der Waals surface area contributed by atoms with Crippen molar-refractivity contribution in [3.8, 4) is 0 Å². The lowest BCUT2D eigenvalue weighted by Gasteiger charge is -2.43. The average Bonchev–Trinajstić information content (AvgIpc) is 2.83. The zero-order valence-corrected chi connectivity index (χ0v) is 13.9. The maximum absolute atomic E-state index is 12.9. The Morgan fingerprint density at radius 3 is 2.64 bits per heavy atom. The molecule has 0 amide bonds. The molecule has 0 bridgehead atoms. The number of hydrogen-bond donors (Lipinski definition) is 2. The Hall–Kier alpha value is -0.160. The molecule has 22 heavy (non-hydrogen) atoms. The maximum atomic E-state index is 12.9. The van der Waals surface area contributed by atoms with Crippen LogP contribution in [0.3, 0.4) is 0 Å². The highest BCUT2D eigenvalue weighted by atomic mass is 16.3. The van der Waals surface area contributed by atoms with Gasteiger partial charge in [0.1, 0.15) is 6.04 Å². The number of aliphatic hydroxyl groups is 1. The van der Waals surface area contributed by atoms with Gasteiger partial charge in [0.2, 0.25) is 0 Å². The molecular weight excluding hydrogens is 276 g/mol. The second-order valence-corrected chi connectivity index (χ2v) is 8.50. The van der Waals surface area contributed by atoms with E-state index in [1.807, 2.05) is 0 Å². The molecule has 4 fully saturated rings. The van der Waals surface area contributed by atoms with Crippen LogP contribution in [0.2, 0.25) is 0 Å². The summed E-state index contributed by atoms with van der Waals surface area (Å²) in [6.45, 7) is 4.70. The van der Waals surface area contributed by atoms with Crippen molar-refractivity contribution in [3.05, 3.63) is 0 Å². The summed E-state index contributed by atoms with van der Waals surface area (Å²) in [6.07, 6.45) is 8.46. The van der Waals surface area contributed by atoms with Crippen LogP contribution in [0.4, 0.5) is 0 Å². The highest BCUT2D eigenvalue weighted by Crippen LogP contribution is 2.40. The van der Waals surface area contributed by atoms with Crippen molar-refractivity contribution >= 4 is 0 Å². The standard InChI is InChI=1S/C18H31N2O2/c1-12-10-15-17(16(22)11-12)18(13-4-6-14(21)7-5-13)20-9-3-2-8-19(15)20/h12-18,21H,2-11H2,1H3/q-1/p+1. The first kappa shape index (κ1) is 15.4. The van der Waals surface area contributed by atoms with Crippen LogP contribution in [0, 0.1) is 17.8 Å². The van der Waals surface area contributed by atoms with E-state index in [0.29, 0.717) is 29.8 Å².